The van der Waals surface area contributed by atoms with E-state index in [9.17, 15) is 23.9 Å². The molecule has 42 heavy (non-hydrogen) atoms. The van der Waals surface area contributed by atoms with Gasteiger partial charge in [0.25, 0.3) is 0 Å². The van der Waals surface area contributed by atoms with Crippen LogP contribution in [0.2, 0.25) is 0 Å². The van der Waals surface area contributed by atoms with E-state index in [1.165, 1.54) is 17.4 Å². The number of esters is 1. The summed E-state index contributed by atoms with van der Waals surface area (Å²) < 4.78 is 20.2. The molecule has 13 heteroatoms. The molecular weight excluding hydrogens is 563 g/mol. The molecule has 2 atom stereocenters. The Bertz CT molecular complexity index is 1440. The van der Waals surface area contributed by atoms with E-state index >= 15 is 0 Å². The lowest BCUT2D eigenvalue weighted by Gasteiger charge is -2.38. The molecule has 0 saturated carbocycles. The highest BCUT2D eigenvalue weighted by Crippen LogP contribution is 2.36. The molecule has 1 aromatic carbocycles. The number of amides is 2. The summed E-state index contributed by atoms with van der Waals surface area (Å²) in [5.41, 5.74) is 0.791. The number of aliphatic imine (C=N–C) groups is 1. The third kappa shape index (κ3) is 5.75. The van der Waals surface area contributed by atoms with Crippen molar-refractivity contribution in [3.8, 4) is 0 Å². The van der Waals surface area contributed by atoms with Crippen molar-refractivity contribution >= 4 is 35.1 Å². The van der Waals surface area contributed by atoms with Crippen molar-refractivity contribution in [1.82, 2.24) is 25.0 Å². The molecule has 2 N–H and O–H groups in total. The first-order valence-electron chi connectivity index (χ1n) is 13.9. The molecule has 0 spiro atoms. The first kappa shape index (κ1) is 29.6. The molecule has 2 aromatic rings. The van der Waals surface area contributed by atoms with E-state index in [0.717, 1.165) is 0 Å². The van der Waals surface area contributed by atoms with Gasteiger partial charge >= 0.3 is 18.0 Å². The maximum Gasteiger partial charge on any atom is 0.338 e. The maximum absolute atomic E-state index is 14.7. The Hall–Kier alpha value is -3.84. The van der Waals surface area contributed by atoms with Gasteiger partial charge in [-0.1, -0.05) is 12.1 Å². The van der Waals surface area contributed by atoms with E-state index in [1.807, 2.05) is 5.38 Å². The second kappa shape index (κ2) is 11.8. The van der Waals surface area contributed by atoms with Crippen molar-refractivity contribution < 1.29 is 28.6 Å². The summed E-state index contributed by atoms with van der Waals surface area (Å²) >= 11 is 1.40. The van der Waals surface area contributed by atoms with Crippen LogP contribution >= 0.6 is 11.3 Å². The highest BCUT2D eigenvalue weighted by molar-refractivity contribution is 7.11. The number of aliphatic carboxylic acids is 1. The van der Waals surface area contributed by atoms with Crippen molar-refractivity contribution in [2.45, 2.75) is 39.8 Å². The number of piperazine rings is 1. The molecule has 0 unspecified atom stereocenters. The van der Waals surface area contributed by atoms with Gasteiger partial charge < -0.3 is 25.0 Å². The third-order valence-electron chi connectivity index (χ3n) is 7.92. The largest absolute Gasteiger partial charge is 0.481 e. The molecule has 4 heterocycles. The van der Waals surface area contributed by atoms with Gasteiger partial charge in [0.05, 0.1) is 23.6 Å². The first-order chi connectivity index (χ1) is 20.0. The molecule has 0 aliphatic carbocycles. The second-order valence-electron chi connectivity index (χ2n) is 11.3. The fourth-order valence-corrected chi connectivity index (χ4v) is 6.24. The number of carbonyl (C=O) groups excluding carboxylic acids is 2. The zero-order valence-electron chi connectivity index (χ0n) is 24.1. The SMILES string of the molecule is CCOC(=O)C1=C(CN2CCN3C(=O)N(CC(C)(C)C(=O)O)C[C@@H]3C2)NC(c2nccs2)=N[C@H]1c1cccc(F)c1C. The monoisotopic (exact) mass is 598 g/mol. The van der Waals surface area contributed by atoms with Gasteiger partial charge in [-0.25, -0.2) is 19.0 Å². The van der Waals surface area contributed by atoms with Crippen LogP contribution in [0.4, 0.5) is 9.18 Å². The van der Waals surface area contributed by atoms with Gasteiger partial charge in [0.1, 0.15) is 11.9 Å². The van der Waals surface area contributed by atoms with Crippen LogP contribution in [-0.2, 0) is 14.3 Å². The number of ether oxygens (including phenoxy) is 1. The number of fused-ring (bicyclic) bond motifs is 1. The molecule has 224 valence electrons. The number of carbonyl (C=O) groups is 3. The summed E-state index contributed by atoms with van der Waals surface area (Å²) in [4.78, 5) is 53.0. The van der Waals surface area contributed by atoms with Crippen LogP contribution in [-0.4, -0.2) is 101 Å². The zero-order chi connectivity index (χ0) is 30.2. The average molecular weight is 599 g/mol. The number of nitrogens with zero attached hydrogens (tertiary/aromatic N) is 5. The van der Waals surface area contributed by atoms with Crippen LogP contribution in [0.5, 0.6) is 0 Å². The highest BCUT2D eigenvalue weighted by Gasteiger charge is 2.44. The molecule has 3 aliphatic rings. The Kier molecular flexibility index (Phi) is 8.33. The van der Waals surface area contributed by atoms with E-state index in [1.54, 1.807) is 55.8 Å². The number of carboxylic acid groups (broad SMARTS) is 1. The summed E-state index contributed by atoms with van der Waals surface area (Å²) in [6.45, 7) is 9.21. The molecule has 2 amide bonds. The highest BCUT2D eigenvalue weighted by atomic mass is 32.1. The fourth-order valence-electron chi connectivity index (χ4n) is 5.65. The zero-order valence-corrected chi connectivity index (χ0v) is 24.9. The van der Waals surface area contributed by atoms with Crippen LogP contribution in [0.3, 0.4) is 0 Å². The number of aromatic nitrogens is 1. The van der Waals surface area contributed by atoms with Crippen LogP contribution in [0, 0.1) is 18.2 Å². The van der Waals surface area contributed by atoms with Gasteiger partial charge in [-0.3, -0.25) is 14.7 Å². The van der Waals surface area contributed by atoms with E-state index in [-0.39, 0.29) is 31.0 Å². The number of thiazole rings is 1. The van der Waals surface area contributed by atoms with Crippen molar-refractivity contribution in [3.05, 3.63) is 63.0 Å². The molecule has 11 nitrogen and oxygen atoms in total. The Labute approximate surface area is 247 Å². The number of benzene rings is 1. The van der Waals surface area contributed by atoms with Gasteiger partial charge in [0.2, 0.25) is 0 Å². The predicted molar refractivity (Wildman–Crippen MR) is 155 cm³/mol. The van der Waals surface area contributed by atoms with Crippen LogP contribution < -0.4 is 5.32 Å². The minimum absolute atomic E-state index is 0.121. The lowest BCUT2D eigenvalue weighted by molar-refractivity contribution is -0.147. The van der Waals surface area contributed by atoms with Crippen molar-refractivity contribution in [2.75, 3.05) is 45.9 Å². The number of carboxylic acids is 1. The third-order valence-corrected chi connectivity index (χ3v) is 8.70. The topological polar surface area (TPSA) is 128 Å². The number of hydrogen-bond acceptors (Lipinski definition) is 9. The van der Waals surface area contributed by atoms with Gasteiger partial charge in [-0.2, -0.15) is 0 Å². The second-order valence-corrected chi connectivity index (χ2v) is 12.2. The van der Waals surface area contributed by atoms with E-state index in [4.69, 9.17) is 9.73 Å². The number of urea groups is 1. The Balaban J connectivity index is 1.45. The van der Waals surface area contributed by atoms with Crippen molar-refractivity contribution in [1.29, 1.82) is 0 Å². The smallest absolute Gasteiger partial charge is 0.338 e. The van der Waals surface area contributed by atoms with Gasteiger partial charge in [0.15, 0.2) is 10.8 Å². The Morgan fingerprint density at radius 1 is 1.26 bits per heavy atom. The summed E-state index contributed by atoms with van der Waals surface area (Å²) in [6, 6.07) is 3.66. The minimum atomic E-state index is -1.06. The summed E-state index contributed by atoms with van der Waals surface area (Å²) in [6.07, 6.45) is 1.67. The number of nitrogens with one attached hydrogen (secondary N) is 1. The van der Waals surface area contributed by atoms with Gasteiger partial charge in [0, 0.05) is 56.5 Å². The van der Waals surface area contributed by atoms with Crippen LogP contribution in [0.25, 0.3) is 0 Å². The Morgan fingerprint density at radius 2 is 2.05 bits per heavy atom. The molecule has 3 aliphatic heterocycles. The molecule has 5 rings (SSSR count). The molecule has 2 saturated heterocycles. The maximum atomic E-state index is 14.7. The number of halogens is 1. The van der Waals surface area contributed by atoms with E-state index in [0.29, 0.717) is 66.0 Å². The van der Waals surface area contributed by atoms with Gasteiger partial charge in [-0.15, -0.1) is 11.3 Å². The van der Waals surface area contributed by atoms with Gasteiger partial charge in [-0.05, 0) is 44.9 Å². The van der Waals surface area contributed by atoms with Crippen LogP contribution in [0.15, 0.2) is 46.0 Å². The molecule has 2 fully saturated rings. The molecule has 0 bridgehead atoms. The minimum Gasteiger partial charge on any atom is -0.481 e. The quantitative estimate of drug-likeness (QED) is 0.422. The van der Waals surface area contributed by atoms with Crippen molar-refractivity contribution in [2.24, 2.45) is 10.4 Å². The average Bonchev–Trinajstić information content (AvgIpc) is 3.58. The summed E-state index contributed by atoms with van der Waals surface area (Å²) in [5, 5.41) is 15.4. The van der Waals surface area contributed by atoms with Crippen molar-refractivity contribution in [3.63, 3.8) is 0 Å². The number of rotatable bonds is 9. The summed E-state index contributed by atoms with van der Waals surface area (Å²) in [7, 11) is 0. The lowest BCUT2D eigenvalue weighted by atomic mass is 9.92. The summed E-state index contributed by atoms with van der Waals surface area (Å²) in [5.74, 6) is -1.39. The van der Waals surface area contributed by atoms with E-state index < -0.39 is 23.4 Å². The lowest BCUT2D eigenvalue weighted by Crippen LogP contribution is -2.53. The normalized spacial score (nSPS) is 21.3. The number of hydrogen-bond donors (Lipinski definition) is 2. The molecule has 0 radical (unpaired) electrons. The number of amidine groups is 1. The standard InChI is InChI=1S/C29H35FN6O5S/c1-5-41-26(37)22-21(15-34-10-11-36-18(13-34)14-35(28(36)40)16-29(3,4)27(38)39)32-24(25-31-9-12-42-25)33-23(22)19-7-6-8-20(30)17(19)2/h6-9,12,18,23H,5,10-11,13-16H2,1-4H3,(H,32,33)(H,38,39)/t18-,23-/m0/s1. The molecule has 1 aromatic heterocycles. The first-order valence-corrected chi connectivity index (χ1v) is 14.8. The van der Waals surface area contributed by atoms with Crippen LogP contribution in [0.1, 0.15) is 42.9 Å². The fraction of sp³-hybridized carbons (Fsp3) is 0.483. The molecular formula is C29H35FN6O5S. The van der Waals surface area contributed by atoms with E-state index in [2.05, 4.69) is 15.2 Å². The Morgan fingerprint density at radius 3 is 2.74 bits per heavy atom. The predicted octanol–water partition coefficient (Wildman–Crippen LogP) is 3.03.